The molecule has 0 bridgehead atoms. The summed E-state index contributed by atoms with van der Waals surface area (Å²) in [6.45, 7) is 9.02. The molecule has 2 unspecified atom stereocenters. The molecule has 0 aromatic rings. The highest BCUT2D eigenvalue weighted by Crippen LogP contribution is 2.15. The number of hydrogen-bond donors (Lipinski definition) is 2. The van der Waals surface area contributed by atoms with Crippen LogP contribution in [0.1, 0.15) is 214 Å². The molecule has 0 aromatic carbocycles. The van der Waals surface area contributed by atoms with Crippen molar-refractivity contribution in [3.05, 3.63) is 0 Å². The fourth-order valence-electron chi connectivity index (χ4n) is 5.11. The van der Waals surface area contributed by atoms with Crippen LogP contribution in [0.4, 0.5) is 0 Å². The minimum Gasteiger partial charge on any atom is -0.393 e. The Labute approximate surface area is 236 Å². The quantitative estimate of drug-likeness (QED) is 0.0951. The first-order valence-electron chi connectivity index (χ1n) is 17.5. The smallest absolute Gasteiger partial charge is 0.0540 e. The summed E-state index contributed by atoms with van der Waals surface area (Å²) in [5.41, 5.74) is 0. The van der Waals surface area contributed by atoms with Crippen LogP contribution in [0.5, 0.6) is 0 Å². The summed E-state index contributed by atoms with van der Waals surface area (Å²) in [5, 5.41) is 19.7. The van der Waals surface area contributed by atoms with Crippen molar-refractivity contribution in [1.82, 2.24) is 0 Å². The molecular formula is C35H74O2. The summed E-state index contributed by atoms with van der Waals surface area (Å²) >= 11 is 0. The lowest BCUT2D eigenvalue weighted by Gasteiger charge is -2.10. The molecular weight excluding hydrogens is 452 g/mol. The van der Waals surface area contributed by atoms with Crippen LogP contribution >= 0.6 is 0 Å². The molecule has 0 aliphatic carbocycles. The summed E-state index contributed by atoms with van der Waals surface area (Å²) < 4.78 is 0. The van der Waals surface area contributed by atoms with Gasteiger partial charge in [-0.15, -0.1) is 0 Å². The first-order valence-corrected chi connectivity index (χ1v) is 17.5. The molecule has 0 heterocycles. The van der Waals surface area contributed by atoms with E-state index in [9.17, 15) is 10.2 Å². The molecule has 226 valence electrons. The van der Waals surface area contributed by atoms with Crippen molar-refractivity contribution in [2.75, 3.05) is 0 Å². The fourth-order valence-corrected chi connectivity index (χ4v) is 5.11. The molecule has 2 nitrogen and oxygen atoms in total. The van der Waals surface area contributed by atoms with Crippen LogP contribution in [0.3, 0.4) is 0 Å². The van der Waals surface area contributed by atoms with Crippen LogP contribution in [0.15, 0.2) is 0 Å². The average molecular weight is 527 g/mol. The van der Waals surface area contributed by atoms with Crippen LogP contribution in [0.2, 0.25) is 0 Å². The van der Waals surface area contributed by atoms with E-state index in [-0.39, 0.29) is 12.2 Å². The van der Waals surface area contributed by atoms with Crippen molar-refractivity contribution >= 4 is 0 Å². The first kappa shape index (κ1) is 39.1. The average Bonchev–Trinajstić information content (AvgIpc) is 2.90. The molecule has 2 N–H and O–H groups in total. The SMILES string of the molecule is CCCCCCCCCC(O)CCCCCCC.CCCCCCCCCC(O)CCCCCCCC. The summed E-state index contributed by atoms with van der Waals surface area (Å²) in [6, 6.07) is 0. The Bertz CT molecular complexity index is 370. The first-order chi connectivity index (χ1) is 18.1. The molecule has 0 saturated carbocycles. The van der Waals surface area contributed by atoms with Gasteiger partial charge >= 0.3 is 0 Å². The summed E-state index contributed by atoms with van der Waals surface area (Å²) in [4.78, 5) is 0. The predicted octanol–water partition coefficient (Wildman–Crippen LogP) is 12.1. The third-order valence-corrected chi connectivity index (χ3v) is 7.81. The molecule has 2 heteroatoms. The van der Waals surface area contributed by atoms with Gasteiger partial charge in [-0.3, -0.25) is 0 Å². The molecule has 0 saturated heterocycles. The third kappa shape index (κ3) is 38.1. The fraction of sp³-hybridized carbons (Fsp3) is 1.00. The van der Waals surface area contributed by atoms with Gasteiger partial charge in [0.25, 0.3) is 0 Å². The standard InChI is InChI=1S/C18H38O.C17H36O/c1-3-5-7-9-11-13-15-17-18(19)16-14-12-10-8-6-4-2;1-3-5-7-9-10-12-14-16-17(18)15-13-11-8-6-4-2/h18-19H,3-17H2,1-2H3;17-18H,3-16H2,1-2H3. The maximum atomic E-state index is 9.89. The van der Waals surface area contributed by atoms with Crippen LogP contribution in [0, 0.1) is 0 Å². The molecule has 0 aliphatic heterocycles. The van der Waals surface area contributed by atoms with E-state index in [4.69, 9.17) is 0 Å². The second-order valence-electron chi connectivity index (χ2n) is 11.9. The molecule has 0 aromatic heterocycles. The van der Waals surface area contributed by atoms with Gasteiger partial charge < -0.3 is 10.2 Å². The zero-order valence-corrected chi connectivity index (χ0v) is 26.6. The maximum absolute atomic E-state index is 9.89. The van der Waals surface area contributed by atoms with E-state index >= 15 is 0 Å². The molecule has 0 radical (unpaired) electrons. The van der Waals surface area contributed by atoms with Crippen LogP contribution in [0.25, 0.3) is 0 Å². The normalized spacial score (nSPS) is 12.8. The molecule has 2 atom stereocenters. The summed E-state index contributed by atoms with van der Waals surface area (Å²) in [7, 11) is 0. The van der Waals surface area contributed by atoms with E-state index < -0.39 is 0 Å². The van der Waals surface area contributed by atoms with Gasteiger partial charge in [0.05, 0.1) is 12.2 Å². The molecule has 0 spiro atoms. The summed E-state index contributed by atoms with van der Waals surface area (Å²) in [6.07, 6.45) is 37.4. The van der Waals surface area contributed by atoms with Crippen molar-refractivity contribution in [3.63, 3.8) is 0 Å². The summed E-state index contributed by atoms with van der Waals surface area (Å²) in [5.74, 6) is 0. The number of unbranched alkanes of at least 4 members (excludes halogenated alkanes) is 21. The van der Waals surface area contributed by atoms with Crippen molar-refractivity contribution in [3.8, 4) is 0 Å². The molecule has 0 amide bonds. The molecule has 0 fully saturated rings. The Balaban J connectivity index is 0. The highest BCUT2D eigenvalue weighted by atomic mass is 16.3. The van der Waals surface area contributed by atoms with Gasteiger partial charge in [0.2, 0.25) is 0 Å². The maximum Gasteiger partial charge on any atom is 0.0540 e. The number of rotatable bonds is 29. The molecule has 37 heavy (non-hydrogen) atoms. The van der Waals surface area contributed by atoms with Crippen LogP contribution in [-0.2, 0) is 0 Å². The Morgan fingerprint density at radius 2 is 0.432 bits per heavy atom. The number of hydrogen-bond acceptors (Lipinski definition) is 2. The minimum absolute atomic E-state index is 0.0257. The highest BCUT2D eigenvalue weighted by molar-refractivity contribution is 4.58. The van der Waals surface area contributed by atoms with Crippen molar-refractivity contribution in [2.24, 2.45) is 0 Å². The van der Waals surface area contributed by atoms with Crippen LogP contribution < -0.4 is 0 Å². The van der Waals surface area contributed by atoms with E-state index in [1.54, 1.807) is 0 Å². The molecule has 0 rings (SSSR count). The van der Waals surface area contributed by atoms with Gasteiger partial charge in [0.1, 0.15) is 0 Å². The van der Waals surface area contributed by atoms with E-state index in [1.807, 2.05) is 0 Å². The van der Waals surface area contributed by atoms with E-state index in [0.717, 1.165) is 25.7 Å². The van der Waals surface area contributed by atoms with Gasteiger partial charge in [-0.25, -0.2) is 0 Å². The second-order valence-corrected chi connectivity index (χ2v) is 11.9. The zero-order valence-electron chi connectivity index (χ0n) is 26.6. The Morgan fingerprint density at radius 1 is 0.270 bits per heavy atom. The van der Waals surface area contributed by atoms with Crippen LogP contribution in [-0.4, -0.2) is 22.4 Å². The number of aliphatic hydroxyl groups is 2. The van der Waals surface area contributed by atoms with Gasteiger partial charge in [0, 0.05) is 0 Å². The lowest BCUT2D eigenvalue weighted by Crippen LogP contribution is -2.05. The van der Waals surface area contributed by atoms with Gasteiger partial charge in [-0.2, -0.15) is 0 Å². The topological polar surface area (TPSA) is 40.5 Å². The molecule has 0 aliphatic rings. The van der Waals surface area contributed by atoms with Crippen molar-refractivity contribution in [2.45, 2.75) is 226 Å². The lowest BCUT2D eigenvalue weighted by molar-refractivity contribution is 0.146. The lowest BCUT2D eigenvalue weighted by atomic mass is 10.0. The van der Waals surface area contributed by atoms with Crippen molar-refractivity contribution in [1.29, 1.82) is 0 Å². The Morgan fingerprint density at radius 3 is 0.622 bits per heavy atom. The Hall–Kier alpha value is -0.0800. The third-order valence-electron chi connectivity index (χ3n) is 7.81. The van der Waals surface area contributed by atoms with Gasteiger partial charge in [-0.1, -0.05) is 188 Å². The Kier molecular flexibility index (Phi) is 37.9. The van der Waals surface area contributed by atoms with Gasteiger partial charge in [0.15, 0.2) is 0 Å². The van der Waals surface area contributed by atoms with Gasteiger partial charge in [-0.05, 0) is 25.7 Å². The van der Waals surface area contributed by atoms with Crippen molar-refractivity contribution < 1.29 is 10.2 Å². The van der Waals surface area contributed by atoms with E-state index in [2.05, 4.69) is 27.7 Å². The van der Waals surface area contributed by atoms with E-state index in [0.29, 0.717) is 0 Å². The predicted molar refractivity (Wildman–Crippen MR) is 169 cm³/mol. The number of aliphatic hydroxyl groups excluding tert-OH is 2. The monoisotopic (exact) mass is 527 g/mol. The minimum atomic E-state index is -0.0261. The largest absolute Gasteiger partial charge is 0.393 e. The second kappa shape index (κ2) is 35.9. The zero-order chi connectivity index (χ0) is 27.7. The van der Waals surface area contributed by atoms with E-state index in [1.165, 1.54) is 161 Å². The highest BCUT2D eigenvalue weighted by Gasteiger charge is 2.04.